The third-order valence-electron chi connectivity index (χ3n) is 2.55. The van der Waals surface area contributed by atoms with Crippen LogP contribution in [0.3, 0.4) is 0 Å². The Morgan fingerprint density at radius 3 is 2.71 bits per heavy atom. The summed E-state index contributed by atoms with van der Waals surface area (Å²) in [6, 6.07) is 17.8. The molecule has 0 aromatic heterocycles. The molecule has 2 aromatic rings. The van der Waals surface area contributed by atoms with E-state index in [1.807, 2.05) is 54.6 Å². The topological polar surface area (TPSA) is 50.4 Å². The minimum atomic E-state index is -0.294. The summed E-state index contributed by atoms with van der Waals surface area (Å²) in [5.41, 5.74) is 4.22. The van der Waals surface area contributed by atoms with Gasteiger partial charge in [0.25, 0.3) is 5.91 Å². The molecule has 0 spiro atoms. The number of rotatable bonds is 6. The van der Waals surface area contributed by atoms with Crippen LogP contribution in [0.5, 0.6) is 0 Å². The number of anilines is 1. The Kier molecular flexibility index (Phi) is 5.87. The molecule has 0 unspecified atom stereocenters. The maximum absolute atomic E-state index is 11.3. The molecule has 0 bridgehead atoms. The summed E-state index contributed by atoms with van der Waals surface area (Å²) >= 11 is 1.52. The lowest BCUT2D eigenvalue weighted by molar-refractivity contribution is -0.126. The van der Waals surface area contributed by atoms with Gasteiger partial charge in [0.15, 0.2) is 0 Å². The van der Waals surface area contributed by atoms with E-state index in [4.69, 9.17) is 0 Å². The van der Waals surface area contributed by atoms with E-state index in [1.165, 1.54) is 25.1 Å². The Hall–Kier alpha value is -2.24. The van der Waals surface area contributed by atoms with E-state index in [0.717, 1.165) is 16.1 Å². The molecule has 0 aliphatic heterocycles. The number of amides is 1. The van der Waals surface area contributed by atoms with Crippen LogP contribution in [0.2, 0.25) is 0 Å². The molecular weight excluding hydrogens is 284 g/mol. The lowest BCUT2D eigenvalue weighted by atomic mass is 10.2. The lowest BCUT2D eigenvalue weighted by Gasteiger charge is -2.05. The maximum Gasteiger partial charge on any atom is 0.267 e. The van der Waals surface area contributed by atoms with Crippen LogP contribution in [-0.4, -0.2) is 13.0 Å². The van der Waals surface area contributed by atoms with Crippen molar-refractivity contribution in [1.29, 1.82) is 0 Å². The molecule has 2 rings (SSSR count). The first-order valence-corrected chi connectivity index (χ1v) is 7.18. The zero-order valence-corrected chi connectivity index (χ0v) is 12.4. The zero-order valence-electron chi connectivity index (χ0n) is 11.6. The van der Waals surface area contributed by atoms with Crippen molar-refractivity contribution in [3.8, 4) is 0 Å². The largest absolute Gasteiger partial charge is 0.326 e. The molecule has 0 fully saturated rings. The quantitative estimate of drug-likeness (QED) is 0.487. The van der Waals surface area contributed by atoms with Crippen LogP contribution in [-0.2, 0) is 9.63 Å². The summed E-state index contributed by atoms with van der Waals surface area (Å²) in [5, 5.41) is 0. The highest BCUT2D eigenvalue weighted by Crippen LogP contribution is 2.22. The molecule has 0 aliphatic rings. The summed E-state index contributed by atoms with van der Waals surface area (Å²) in [5.74, 6) is -0.294. The summed E-state index contributed by atoms with van der Waals surface area (Å²) in [6.07, 6.45) is 3.17. The van der Waals surface area contributed by atoms with Crippen LogP contribution in [0.25, 0.3) is 6.08 Å². The summed E-state index contributed by atoms with van der Waals surface area (Å²) in [7, 11) is 1.40. The fourth-order valence-corrected chi connectivity index (χ4v) is 2.33. The third kappa shape index (κ3) is 5.33. The fourth-order valence-electron chi connectivity index (χ4n) is 1.61. The van der Waals surface area contributed by atoms with Gasteiger partial charge in [0.05, 0.1) is 7.11 Å². The zero-order chi connectivity index (χ0) is 14.9. The number of para-hydroxylation sites is 1. The molecular formula is C16H16N2O2S. The first kappa shape index (κ1) is 15.2. The van der Waals surface area contributed by atoms with Crippen molar-refractivity contribution < 1.29 is 9.63 Å². The molecule has 0 radical (unpaired) electrons. The van der Waals surface area contributed by atoms with Crippen LogP contribution in [0.1, 0.15) is 5.56 Å². The van der Waals surface area contributed by atoms with Crippen LogP contribution >= 0.6 is 11.9 Å². The van der Waals surface area contributed by atoms with Gasteiger partial charge < -0.3 is 4.72 Å². The van der Waals surface area contributed by atoms with E-state index in [2.05, 4.69) is 15.0 Å². The van der Waals surface area contributed by atoms with E-state index in [0.29, 0.717) is 0 Å². The normalized spacial score (nSPS) is 10.5. The number of hydrogen-bond donors (Lipinski definition) is 2. The van der Waals surface area contributed by atoms with Crippen molar-refractivity contribution in [2.75, 3.05) is 11.8 Å². The van der Waals surface area contributed by atoms with Crippen molar-refractivity contribution >= 4 is 29.6 Å². The summed E-state index contributed by atoms with van der Waals surface area (Å²) in [4.78, 5) is 16.9. The summed E-state index contributed by atoms with van der Waals surface area (Å²) < 4.78 is 3.27. The van der Waals surface area contributed by atoms with Gasteiger partial charge >= 0.3 is 0 Å². The number of benzene rings is 2. The highest BCUT2D eigenvalue weighted by Gasteiger charge is 1.97. The van der Waals surface area contributed by atoms with E-state index >= 15 is 0 Å². The summed E-state index contributed by atoms with van der Waals surface area (Å²) in [6.45, 7) is 0. The SMILES string of the molecule is CONC(=O)/C=C/c1cccc(SNc2ccccc2)c1. The van der Waals surface area contributed by atoms with Gasteiger partial charge in [0.1, 0.15) is 0 Å². The van der Waals surface area contributed by atoms with Gasteiger partial charge in [-0.25, -0.2) is 5.48 Å². The van der Waals surface area contributed by atoms with Crippen molar-refractivity contribution in [3.63, 3.8) is 0 Å². The van der Waals surface area contributed by atoms with Gasteiger partial charge in [0.2, 0.25) is 0 Å². The fraction of sp³-hybridized carbons (Fsp3) is 0.0625. The Morgan fingerprint density at radius 1 is 1.14 bits per heavy atom. The monoisotopic (exact) mass is 300 g/mol. The second-order valence-corrected chi connectivity index (χ2v) is 5.03. The van der Waals surface area contributed by atoms with E-state index in [-0.39, 0.29) is 5.91 Å². The molecule has 0 saturated heterocycles. The van der Waals surface area contributed by atoms with Gasteiger partial charge in [-0.1, -0.05) is 30.3 Å². The predicted molar refractivity (Wildman–Crippen MR) is 86.5 cm³/mol. The maximum atomic E-state index is 11.3. The second kappa shape index (κ2) is 8.14. The van der Waals surface area contributed by atoms with Crippen LogP contribution in [0, 0.1) is 0 Å². The first-order valence-electron chi connectivity index (χ1n) is 6.37. The second-order valence-electron chi connectivity index (χ2n) is 4.15. The Morgan fingerprint density at radius 2 is 1.95 bits per heavy atom. The number of hydroxylamine groups is 1. The van der Waals surface area contributed by atoms with Gasteiger partial charge in [0, 0.05) is 16.7 Å². The van der Waals surface area contributed by atoms with Crippen molar-refractivity contribution in [2.24, 2.45) is 0 Å². The van der Waals surface area contributed by atoms with E-state index in [9.17, 15) is 4.79 Å². The van der Waals surface area contributed by atoms with Crippen LogP contribution < -0.4 is 10.2 Å². The number of hydrogen-bond acceptors (Lipinski definition) is 4. The molecule has 108 valence electrons. The number of nitrogens with one attached hydrogen (secondary N) is 2. The molecule has 1 amide bonds. The Labute approximate surface area is 128 Å². The van der Waals surface area contributed by atoms with Gasteiger partial charge in [-0.3, -0.25) is 9.63 Å². The average molecular weight is 300 g/mol. The smallest absolute Gasteiger partial charge is 0.267 e. The van der Waals surface area contributed by atoms with Crippen molar-refractivity contribution in [3.05, 3.63) is 66.2 Å². The molecule has 4 nitrogen and oxygen atoms in total. The third-order valence-corrected chi connectivity index (χ3v) is 3.38. The minimum absolute atomic E-state index is 0.294. The molecule has 21 heavy (non-hydrogen) atoms. The van der Waals surface area contributed by atoms with Crippen LogP contribution in [0.15, 0.2) is 65.6 Å². The van der Waals surface area contributed by atoms with Crippen LogP contribution in [0.4, 0.5) is 5.69 Å². The first-order chi connectivity index (χ1) is 10.3. The van der Waals surface area contributed by atoms with Crippen molar-refractivity contribution in [2.45, 2.75) is 4.90 Å². The average Bonchev–Trinajstić information content (AvgIpc) is 2.53. The highest BCUT2D eigenvalue weighted by molar-refractivity contribution is 8.00. The molecule has 5 heteroatoms. The van der Waals surface area contributed by atoms with Gasteiger partial charge in [-0.15, -0.1) is 0 Å². The predicted octanol–water partition coefficient (Wildman–Crippen LogP) is 3.50. The standard InChI is InChI=1S/C16H16N2O2S/c1-20-17-16(19)11-10-13-6-5-9-15(12-13)21-18-14-7-3-2-4-8-14/h2-12,18H,1H3,(H,17,19)/b11-10+. The molecule has 0 aliphatic carbocycles. The van der Waals surface area contributed by atoms with Crippen molar-refractivity contribution in [1.82, 2.24) is 5.48 Å². The van der Waals surface area contributed by atoms with Gasteiger partial charge in [-0.05, 0) is 47.9 Å². The Balaban J connectivity index is 1.96. The van der Waals surface area contributed by atoms with E-state index in [1.54, 1.807) is 6.08 Å². The number of carbonyl (C=O) groups is 1. The molecule has 0 saturated carbocycles. The molecule has 0 heterocycles. The highest BCUT2D eigenvalue weighted by atomic mass is 32.2. The van der Waals surface area contributed by atoms with Gasteiger partial charge in [-0.2, -0.15) is 0 Å². The van der Waals surface area contributed by atoms with E-state index < -0.39 is 0 Å². The lowest BCUT2D eigenvalue weighted by Crippen LogP contribution is -2.18. The number of carbonyl (C=O) groups excluding carboxylic acids is 1. The molecule has 0 atom stereocenters. The molecule has 2 aromatic carbocycles. The Bertz CT molecular complexity index is 615. The molecule has 2 N–H and O–H groups in total. The minimum Gasteiger partial charge on any atom is -0.326 e.